The van der Waals surface area contributed by atoms with Crippen molar-refractivity contribution in [2.24, 2.45) is 0 Å². The highest BCUT2D eigenvalue weighted by atomic mass is 19.1. The van der Waals surface area contributed by atoms with Crippen molar-refractivity contribution in [2.45, 2.75) is 0 Å². The van der Waals surface area contributed by atoms with Crippen LogP contribution in [0.5, 0.6) is 0 Å². The third-order valence-corrected chi connectivity index (χ3v) is 1.98. The number of nitrogens with one attached hydrogen (secondary N) is 1. The Labute approximate surface area is 93.8 Å². The van der Waals surface area contributed by atoms with E-state index in [2.05, 4.69) is 15.0 Å². The number of aromatic amines is 1. The van der Waals surface area contributed by atoms with Crippen LogP contribution in [0.4, 0.5) is 4.39 Å². The van der Waals surface area contributed by atoms with Gasteiger partial charge in [0.15, 0.2) is 0 Å². The monoisotopic (exact) mass is 235 g/mol. The molecular weight excluding hydrogens is 229 g/mol. The summed E-state index contributed by atoms with van der Waals surface area (Å²) < 4.78 is 12.9. The maximum Gasteiger partial charge on any atom is 0.352 e. The number of carboxylic acid groups (broad SMARTS) is 1. The predicted octanol–water partition coefficient (Wildman–Crippen LogP) is 0.669. The molecular formula is C10H6FN3O3. The average molecular weight is 235 g/mol. The van der Waals surface area contributed by atoms with Crippen LogP contribution in [0.15, 0.2) is 29.3 Å². The molecule has 2 N–H and O–H groups in total. The largest absolute Gasteiger partial charge is 0.477 e. The van der Waals surface area contributed by atoms with E-state index in [1.54, 1.807) is 0 Å². The highest BCUT2D eigenvalue weighted by Gasteiger charge is 2.09. The van der Waals surface area contributed by atoms with Gasteiger partial charge in [-0.15, -0.1) is 0 Å². The van der Waals surface area contributed by atoms with Gasteiger partial charge in [-0.05, 0) is 12.1 Å². The van der Waals surface area contributed by atoms with Gasteiger partial charge in [-0.1, -0.05) is 0 Å². The lowest BCUT2D eigenvalue weighted by atomic mass is 10.2. The molecule has 0 amide bonds. The second kappa shape index (κ2) is 4.12. The second-order valence-corrected chi connectivity index (χ2v) is 3.18. The molecule has 0 bridgehead atoms. The summed E-state index contributed by atoms with van der Waals surface area (Å²) >= 11 is 0. The van der Waals surface area contributed by atoms with Gasteiger partial charge >= 0.3 is 11.7 Å². The number of pyridine rings is 1. The molecule has 0 saturated carbocycles. The van der Waals surface area contributed by atoms with E-state index in [1.165, 1.54) is 6.20 Å². The molecule has 0 unspecified atom stereocenters. The molecule has 2 rings (SSSR count). The molecule has 0 spiro atoms. The number of carbonyl (C=O) groups is 1. The first-order valence-corrected chi connectivity index (χ1v) is 4.52. The number of aromatic nitrogens is 3. The number of carboxylic acids is 1. The van der Waals surface area contributed by atoms with E-state index in [4.69, 9.17) is 5.11 Å². The number of halogens is 1. The molecule has 0 fully saturated rings. The Kier molecular flexibility index (Phi) is 2.65. The molecule has 17 heavy (non-hydrogen) atoms. The Balaban J connectivity index is 2.60. The van der Waals surface area contributed by atoms with Gasteiger partial charge in [-0.25, -0.2) is 14.0 Å². The van der Waals surface area contributed by atoms with Gasteiger partial charge in [0.1, 0.15) is 11.5 Å². The number of hydrogen-bond acceptors (Lipinski definition) is 4. The van der Waals surface area contributed by atoms with Gasteiger partial charge in [-0.3, -0.25) is 9.97 Å². The molecule has 0 atom stereocenters. The Hall–Kier alpha value is -2.57. The van der Waals surface area contributed by atoms with Gasteiger partial charge in [0, 0.05) is 11.8 Å². The number of H-pyrrole nitrogens is 1. The minimum Gasteiger partial charge on any atom is -0.477 e. The van der Waals surface area contributed by atoms with E-state index in [9.17, 15) is 14.0 Å². The molecule has 0 aliphatic carbocycles. The summed E-state index contributed by atoms with van der Waals surface area (Å²) in [6, 6.07) is 2.25. The van der Waals surface area contributed by atoms with Crippen molar-refractivity contribution >= 4 is 5.97 Å². The molecule has 2 aromatic rings. The lowest BCUT2D eigenvalue weighted by Crippen LogP contribution is -2.16. The molecule has 0 radical (unpaired) electrons. The summed E-state index contributed by atoms with van der Waals surface area (Å²) in [5, 5.41) is 8.75. The summed E-state index contributed by atoms with van der Waals surface area (Å²) in [4.78, 5) is 31.0. The fourth-order valence-electron chi connectivity index (χ4n) is 1.27. The minimum absolute atomic E-state index is 0.0538. The van der Waals surface area contributed by atoms with E-state index >= 15 is 0 Å². The van der Waals surface area contributed by atoms with Crippen LogP contribution in [0, 0.1) is 5.82 Å². The van der Waals surface area contributed by atoms with Crippen molar-refractivity contribution in [3.05, 3.63) is 46.5 Å². The number of rotatable bonds is 2. The fourth-order valence-corrected chi connectivity index (χ4v) is 1.27. The third kappa shape index (κ3) is 2.33. The van der Waals surface area contributed by atoms with Crippen LogP contribution in [0.3, 0.4) is 0 Å². The van der Waals surface area contributed by atoms with Crippen molar-refractivity contribution in [3.8, 4) is 11.3 Å². The lowest BCUT2D eigenvalue weighted by Gasteiger charge is -2.01. The van der Waals surface area contributed by atoms with Crippen molar-refractivity contribution in [1.82, 2.24) is 15.0 Å². The zero-order valence-electron chi connectivity index (χ0n) is 8.35. The summed E-state index contributed by atoms with van der Waals surface area (Å²) in [7, 11) is 0. The van der Waals surface area contributed by atoms with E-state index in [0.29, 0.717) is 0 Å². The Morgan fingerprint density at radius 1 is 1.35 bits per heavy atom. The zero-order chi connectivity index (χ0) is 12.4. The molecule has 7 heteroatoms. The van der Waals surface area contributed by atoms with Crippen molar-refractivity contribution in [2.75, 3.05) is 0 Å². The fraction of sp³-hybridized carbons (Fsp3) is 0. The Bertz CT molecular complexity index is 639. The summed E-state index contributed by atoms with van der Waals surface area (Å²) in [5.41, 5.74) is -0.842. The summed E-state index contributed by atoms with van der Waals surface area (Å²) in [5.74, 6) is -1.89. The molecule has 2 heterocycles. The Morgan fingerprint density at radius 3 is 2.76 bits per heavy atom. The first kappa shape index (κ1) is 10.9. The van der Waals surface area contributed by atoms with Gasteiger partial charge in [-0.2, -0.15) is 4.98 Å². The molecule has 2 aromatic heterocycles. The number of aromatic carboxylic acids is 1. The summed E-state index contributed by atoms with van der Waals surface area (Å²) in [6.07, 6.45) is 2.28. The second-order valence-electron chi connectivity index (χ2n) is 3.18. The maximum absolute atomic E-state index is 12.9. The van der Waals surface area contributed by atoms with Crippen LogP contribution >= 0.6 is 0 Å². The summed E-state index contributed by atoms with van der Waals surface area (Å²) in [6.45, 7) is 0. The van der Waals surface area contributed by atoms with E-state index in [1.807, 2.05) is 0 Å². The smallest absolute Gasteiger partial charge is 0.352 e. The Morgan fingerprint density at radius 2 is 2.12 bits per heavy atom. The van der Waals surface area contributed by atoms with Gasteiger partial charge < -0.3 is 5.11 Å². The normalized spacial score (nSPS) is 10.2. The highest BCUT2D eigenvalue weighted by Crippen LogP contribution is 2.15. The predicted molar refractivity (Wildman–Crippen MR) is 55.0 cm³/mol. The van der Waals surface area contributed by atoms with Crippen molar-refractivity contribution < 1.29 is 14.3 Å². The average Bonchev–Trinajstić information content (AvgIpc) is 2.28. The molecule has 86 valence electrons. The van der Waals surface area contributed by atoms with Crippen molar-refractivity contribution in [1.29, 1.82) is 0 Å². The molecule has 6 nitrogen and oxygen atoms in total. The first-order valence-electron chi connectivity index (χ1n) is 4.52. The maximum atomic E-state index is 12.9. The third-order valence-electron chi connectivity index (χ3n) is 1.98. The minimum atomic E-state index is -1.30. The quantitative estimate of drug-likeness (QED) is 0.797. The topological polar surface area (TPSA) is 95.9 Å². The molecule has 0 aliphatic rings. The van der Waals surface area contributed by atoms with Crippen LogP contribution in [0.25, 0.3) is 11.3 Å². The van der Waals surface area contributed by atoms with Crippen LogP contribution in [0.2, 0.25) is 0 Å². The number of hydrogen-bond donors (Lipinski definition) is 2. The van der Waals surface area contributed by atoms with E-state index < -0.39 is 17.5 Å². The highest BCUT2D eigenvalue weighted by molar-refractivity contribution is 5.86. The molecule has 0 saturated heterocycles. The van der Waals surface area contributed by atoms with Gasteiger partial charge in [0.2, 0.25) is 0 Å². The SMILES string of the molecule is O=C(O)c1cc(-c2cncc(F)c2)nc(=O)[nH]1. The lowest BCUT2D eigenvalue weighted by molar-refractivity contribution is 0.0690. The molecule has 0 aromatic carbocycles. The van der Waals surface area contributed by atoms with Gasteiger partial charge in [0.25, 0.3) is 0 Å². The van der Waals surface area contributed by atoms with Crippen LogP contribution in [0.1, 0.15) is 10.5 Å². The van der Waals surface area contributed by atoms with Crippen LogP contribution in [-0.4, -0.2) is 26.0 Å². The standard InChI is InChI=1S/C10H6FN3O3/c11-6-1-5(3-12-4-6)7-2-8(9(15)16)14-10(17)13-7/h1-4H,(H,15,16)(H,13,14,17). The van der Waals surface area contributed by atoms with Gasteiger partial charge in [0.05, 0.1) is 11.9 Å². The van der Waals surface area contributed by atoms with Crippen LogP contribution in [-0.2, 0) is 0 Å². The number of nitrogens with zero attached hydrogens (tertiary/aromatic N) is 2. The van der Waals surface area contributed by atoms with Crippen LogP contribution < -0.4 is 5.69 Å². The molecule has 0 aliphatic heterocycles. The first-order chi connectivity index (χ1) is 8.06. The van der Waals surface area contributed by atoms with E-state index in [-0.39, 0.29) is 17.0 Å². The zero-order valence-corrected chi connectivity index (χ0v) is 8.35. The van der Waals surface area contributed by atoms with Crippen molar-refractivity contribution in [3.63, 3.8) is 0 Å². The van der Waals surface area contributed by atoms with E-state index in [0.717, 1.165) is 18.3 Å².